The lowest BCUT2D eigenvalue weighted by Gasteiger charge is -2.29. The molecule has 1 amide bonds. The summed E-state index contributed by atoms with van der Waals surface area (Å²) in [6.07, 6.45) is 5.53. The molecule has 25 heavy (non-hydrogen) atoms. The Morgan fingerprint density at radius 1 is 1.20 bits per heavy atom. The van der Waals surface area contributed by atoms with E-state index in [4.69, 9.17) is 0 Å². The van der Waals surface area contributed by atoms with Gasteiger partial charge in [0.1, 0.15) is 0 Å². The van der Waals surface area contributed by atoms with Crippen molar-refractivity contribution in [2.24, 2.45) is 0 Å². The molecule has 2 heterocycles. The van der Waals surface area contributed by atoms with Crippen molar-refractivity contribution in [1.82, 2.24) is 20.0 Å². The molecule has 1 atom stereocenters. The fourth-order valence-electron chi connectivity index (χ4n) is 3.55. The predicted molar refractivity (Wildman–Crippen MR) is 100 cm³/mol. The van der Waals surface area contributed by atoms with Gasteiger partial charge in [-0.15, -0.1) is 0 Å². The van der Waals surface area contributed by atoms with Gasteiger partial charge in [-0.1, -0.05) is 24.6 Å². The average Bonchev–Trinajstić information content (AvgIpc) is 2.97. The molecule has 0 spiro atoms. The summed E-state index contributed by atoms with van der Waals surface area (Å²) >= 11 is 0. The number of amides is 1. The van der Waals surface area contributed by atoms with Crippen LogP contribution in [0.3, 0.4) is 0 Å². The molecule has 2 aromatic rings. The Hall–Kier alpha value is -2.14. The van der Waals surface area contributed by atoms with Crippen molar-refractivity contribution in [3.8, 4) is 5.69 Å². The number of likely N-dealkylation sites (tertiary alicyclic amines) is 1. The van der Waals surface area contributed by atoms with Gasteiger partial charge >= 0.3 is 0 Å². The second-order valence-electron chi connectivity index (χ2n) is 7.08. The second kappa shape index (κ2) is 7.83. The van der Waals surface area contributed by atoms with Crippen molar-refractivity contribution in [2.75, 3.05) is 19.6 Å². The number of aryl methyl sites for hydroxylation is 1. The van der Waals surface area contributed by atoms with Crippen LogP contribution in [-0.4, -0.2) is 46.3 Å². The van der Waals surface area contributed by atoms with E-state index in [1.165, 1.54) is 19.3 Å². The van der Waals surface area contributed by atoms with E-state index in [0.717, 1.165) is 36.6 Å². The first-order valence-corrected chi connectivity index (χ1v) is 9.20. The van der Waals surface area contributed by atoms with Crippen LogP contribution in [0, 0.1) is 13.8 Å². The zero-order valence-electron chi connectivity index (χ0n) is 15.5. The van der Waals surface area contributed by atoms with Gasteiger partial charge in [-0.2, -0.15) is 5.10 Å². The number of carbonyl (C=O) groups excluding carboxylic acids is 1. The van der Waals surface area contributed by atoms with Gasteiger partial charge in [0.25, 0.3) is 5.91 Å². The number of carbonyl (C=O) groups is 1. The van der Waals surface area contributed by atoms with Crippen molar-refractivity contribution in [1.29, 1.82) is 0 Å². The molecule has 1 saturated heterocycles. The maximum Gasteiger partial charge on any atom is 0.255 e. The van der Waals surface area contributed by atoms with Gasteiger partial charge in [0.05, 0.1) is 23.1 Å². The van der Waals surface area contributed by atoms with Crippen molar-refractivity contribution in [3.05, 3.63) is 47.3 Å². The fourth-order valence-corrected chi connectivity index (χ4v) is 3.55. The van der Waals surface area contributed by atoms with Crippen LogP contribution in [0.5, 0.6) is 0 Å². The molecule has 0 bridgehead atoms. The first-order chi connectivity index (χ1) is 12.1. The van der Waals surface area contributed by atoms with Crippen LogP contribution in [0.4, 0.5) is 0 Å². The van der Waals surface area contributed by atoms with Crippen LogP contribution in [0.25, 0.3) is 5.69 Å². The summed E-state index contributed by atoms with van der Waals surface area (Å²) in [5.41, 5.74) is 3.67. The number of nitrogens with one attached hydrogen (secondary N) is 1. The maximum absolute atomic E-state index is 12.7. The highest BCUT2D eigenvalue weighted by atomic mass is 16.1. The van der Waals surface area contributed by atoms with Crippen LogP contribution in [-0.2, 0) is 0 Å². The number of aromatic nitrogens is 2. The number of hydrogen-bond acceptors (Lipinski definition) is 3. The van der Waals surface area contributed by atoms with Gasteiger partial charge in [-0.25, -0.2) is 4.68 Å². The highest BCUT2D eigenvalue weighted by Gasteiger charge is 2.19. The minimum absolute atomic E-state index is 0.0400. The lowest BCUT2D eigenvalue weighted by atomic mass is 10.1. The van der Waals surface area contributed by atoms with Gasteiger partial charge in [0.2, 0.25) is 0 Å². The number of hydrogen-bond donors (Lipinski definition) is 1. The first-order valence-electron chi connectivity index (χ1n) is 9.20. The molecule has 5 nitrogen and oxygen atoms in total. The van der Waals surface area contributed by atoms with E-state index in [9.17, 15) is 4.79 Å². The van der Waals surface area contributed by atoms with Crippen LogP contribution in [0.15, 0.2) is 30.5 Å². The topological polar surface area (TPSA) is 50.2 Å². The lowest BCUT2D eigenvalue weighted by molar-refractivity contribution is 0.0925. The Morgan fingerprint density at radius 2 is 1.92 bits per heavy atom. The number of para-hydroxylation sites is 1. The molecule has 1 aliphatic heterocycles. The van der Waals surface area contributed by atoms with E-state index < -0.39 is 0 Å². The molecule has 0 radical (unpaired) electrons. The summed E-state index contributed by atoms with van der Waals surface area (Å²) in [6, 6.07) is 8.21. The largest absolute Gasteiger partial charge is 0.348 e. The van der Waals surface area contributed by atoms with Crippen molar-refractivity contribution >= 4 is 5.91 Å². The van der Waals surface area contributed by atoms with Gasteiger partial charge < -0.3 is 10.2 Å². The summed E-state index contributed by atoms with van der Waals surface area (Å²) in [6.45, 7) is 9.28. The van der Waals surface area contributed by atoms with Crippen LogP contribution in [0.1, 0.15) is 47.8 Å². The minimum Gasteiger partial charge on any atom is -0.348 e. The Labute approximate surface area is 150 Å². The third-order valence-corrected chi connectivity index (χ3v) is 4.96. The number of nitrogens with zero attached hydrogens (tertiary/aromatic N) is 3. The third-order valence-electron chi connectivity index (χ3n) is 4.96. The smallest absolute Gasteiger partial charge is 0.255 e. The molecule has 0 saturated carbocycles. The molecule has 3 rings (SSSR count). The van der Waals surface area contributed by atoms with Crippen LogP contribution >= 0.6 is 0 Å². The Bertz CT molecular complexity index is 731. The van der Waals surface area contributed by atoms with Crippen LogP contribution in [0.2, 0.25) is 0 Å². The van der Waals surface area contributed by atoms with Crippen molar-refractivity contribution in [3.63, 3.8) is 0 Å². The summed E-state index contributed by atoms with van der Waals surface area (Å²) in [5, 5.41) is 7.57. The van der Waals surface area contributed by atoms with E-state index in [2.05, 4.69) is 35.2 Å². The van der Waals surface area contributed by atoms with E-state index in [1.807, 2.05) is 29.8 Å². The number of benzene rings is 1. The van der Waals surface area contributed by atoms with Crippen molar-refractivity contribution in [2.45, 2.75) is 46.1 Å². The van der Waals surface area contributed by atoms with E-state index in [-0.39, 0.29) is 11.9 Å². The molecule has 1 aromatic heterocycles. The van der Waals surface area contributed by atoms with E-state index in [1.54, 1.807) is 6.20 Å². The van der Waals surface area contributed by atoms with E-state index >= 15 is 0 Å². The second-order valence-corrected chi connectivity index (χ2v) is 7.08. The number of piperidine rings is 1. The Morgan fingerprint density at radius 3 is 2.64 bits per heavy atom. The Kier molecular flexibility index (Phi) is 5.53. The maximum atomic E-state index is 12.7. The van der Waals surface area contributed by atoms with Crippen molar-refractivity contribution < 1.29 is 4.79 Å². The van der Waals surface area contributed by atoms with E-state index in [0.29, 0.717) is 5.56 Å². The number of rotatable bonds is 5. The highest BCUT2D eigenvalue weighted by Crippen LogP contribution is 2.17. The standard InChI is InChI=1S/C20H28N4O/c1-15-9-5-6-10-19(15)24-17(3)18(13-21-24)20(25)22-16(2)14-23-11-7-4-8-12-23/h5-6,9-10,13,16H,4,7-8,11-12,14H2,1-3H3,(H,22,25)/t16-/m0/s1. The SMILES string of the molecule is Cc1ccccc1-n1ncc(C(=O)N[C@@H](C)CN2CCCCC2)c1C. The summed E-state index contributed by atoms with van der Waals surface area (Å²) < 4.78 is 1.85. The Balaban J connectivity index is 1.67. The summed E-state index contributed by atoms with van der Waals surface area (Å²) in [5.74, 6) is -0.0400. The predicted octanol–water partition coefficient (Wildman–Crippen LogP) is 3.09. The zero-order valence-corrected chi connectivity index (χ0v) is 15.5. The summed E-state index contributed by atoms with van der Waals surface area (Å²) in [7, 11) is 0. The minimum atomic E-state index is -0.0400. The monoisotopic (exact) mass is 340 g/mol. The lowest BCUT2D eigenvalue weighted by Crippen LogP contribution is -2.43. The summed E-state index contributed by atoms with van der Waals surface area (Å²) in [4.78, 5) is 15.1. The quantitative estimate of drug-likeness (QED) is 0.910. The fraction of sp³-hybridized carbons (Fsp3) is 0.500. The van der Waals surface area contributed by atoms with Crippen LogP contribution < -0.4 is 5.32 Å². The van der Waals surface area contributed by atoms with Gasteiger partial charge in [-0.3, -0.25) is 4.79 Å². The average molecular weight is 340 g/mol. The molecular weight excluding hydrogens is 312 g/mol. The molecule has 1 aromatic carbocycles. The molecule has 1 N–H and O–H groups in total. The van der Waals surface area contributed by atoms with Gasteiger partial charge in [-0.05, 0) is 58.3 Å². The molecule has 1 aliphatic rings. The molecular formula is C20H28N4O. The zero-order chi connectivity index (χ0) is 17.8. The van der Waals surface area contributed by atoms with Gasteiger partial charge in [0, 0.05) is 12.6 Å². The molecule has 134 valence electrons. The molecule has 1 fully saturated rings. The normalized spacial score (nSPS) is 16.6. The third kappa shape index (κ3) is 4.10. The van der Waals surface area contributed by atoms with Gasteiger partial charge in [0.15, 0.2) is 0 Å². The molecule has 0 aliphatic carbocycles. The molecule has 5 heteroatoms. The highest BCUT2D eigenvalue weighted by molar-refractivity contribution is 5.95. The first kappa shape index (κ1) is 17.7. The molecule has 0 unspecified atom stereocenters.